The van der Waals surface area contributed by atoms with Crippen LogP contribution in [0, 0.1) is 5.92 Å². The van der Waals surface area contributed by atoms with Gasteiger partial charge in [0.25, 0.3) is 0 Å². The minimum atomic E-state index is 0.438. The number of rotatable bonds is 1. The molecule has 1 fully saturated rings. The highest BCUT2D eigenvalue weighted by Crippen LogP contribution is 2.42. The Morgan fingerprint density at radius 3 is 3.15 bits per heavy atom. The molecular formula is C14H16BrN5. The molecule has 6 heteroatoms. The summed E-state index contributed by atoms with van der Waals surface area (Å²) in [6, 6.07) is 0.529. The Morgan fingerprint density at radius 2 is 2.25 bits per heavy atom. The Balaban J connectivity index is 1.81. The Morgan fingerprint density at radius 1 is 1.35 bits per heavy atom. The van der Waals surface area contributed by atoms with Crippen LogP contribution < -0.4 is 0 Å². The molecule has 1 aliphatic carbocycles. The van der Waals surface area contributed by atoms with Gasteiger partial charge in [0.05, 0.1) is 23.4 Å². The molecule has 0 radical (unpaired) electrons. The molecule has 0 saturated heterocycles. The van der Waals surface area contributed by atoms with Crippen molar-refractivity contribution in [2.24, 2.45) is 11.0 Å². The summed E-state index contributed by atoms with van der Waals surface area (Å²) in [5.74, 6) is 0.910. The van der Waals surface area contributed by atoms with E-state index in [-0.39, 0.29) is 0 Å². The second-order valence-corrected chi connectivity index (χ2v) is 6.33. The Bertz CT molecular complexity index is 679. The summed E-state index contributed by atoms with van der Waals surface area (Å²) in [6.07, 6.45) is 11.4. The van der Waals surface area contributed by atoms with Gasteiger partial charge in [-0.2, -0.15) is 5.10 Å². The van der Waals surface area contributed by atoms with Crippen LogP contribution >= 0.6 is 15.9 Å². The number of fused-ring (bicyclic) bond motifs is 2. The summed E-state index contributed by atoms with van der Waals surface area (Å²) in [4.78, 5) is 9.01. The number of nitrogens with zero attached hydrogens (tertiary/aromatic N) is 5. The van der Waals surface area contributed by atoms with Gasteiger partial charge in [0.1, 0.15) is 0 Å². The monoisotopic (exact) mass is 333 g/mol. The van der Waals surface area contributed by atoms with Crippen molar-refractivity contribution < 1.29 is 0 Å². The van der Waals surface area contributed by atoms with Crippen molar-refractivity contribution in [1.82, 2.24) is 19.4 Å². The Hall–Kier alpha value is -1.43. The molecule has 0 bridgehead atoms. The summed E-state index contributed by atoms with van der Waals surface area (Å²) in [5.41, 5.74) is 2.26. The first-order valence-corrected chi connectivity index (χ1v) is 7.79. The predicted molar refractivity (Wildman–Crippen MR) is 80.8 cm³/mol. The average Bonchev–Trinajstić information content (AvgIpc) is 3.01. The van der Waals surface area contributed by atoms with Gasteiger partial charge >= 0.3 is 0 Å². The quantitative estimate of drug-likeness (QED) is 0.805. The fourth-order valence-electron chi connectivity index (χ4n) is 3.62. The number of hydrazone groups is 1. The molecule has 2 aromatic rings. The lowest BCUT2D eigenvalue weighted by molar-refractivity contribution is 0.182. The molecule has 0 spiro atoms. The van der Waals surface area contributed by atoms with Crippen LogP contribution in [0.1, 0.15) is 30.9 Å². The number of imidazole rings is 1. The van der Waals surface area contributed by atoms with Gasteiger partial charge in [0, 0.05) is 37.5 Å². The first-order chi connectivity index (χ1) is 9.75. The Labute approximate surface area is 125 Å². The van der Waals surface area contributed by atoms with Crippen molar-refractivity contribution in [2.75, 3.05) is 7.05 Å². The molecule has 2 aromatic heterocycles. The van der Waals surface area contributed by atoms with Gasteiger partial charge < -0.3 is 0 Å². The zero-order valence-corrected chi connectivity index (χ0v) is 12.9. The van der Waals surface area contributed by atoms with Gasteiger partial charge in [-0.3, -0.25) is 14.4 Å². The van der Waals surface area contributed by atoms with Crippen LogP contribution in [0.3, 0.4) is 0 Å². The maximum absolute atomic E-state index is 4.76. The molecule has 104 valence electrons. The van der Waals surface area contributed by atoms with Crippen LogP contribution in [0.15, 0.2) is 28.4 Å². The lowest BCUT2D eigenvalue weighted by Gasteiger charge is -2.34. The molecule has 1 saturated carbocycles. The van der Waals surface area contributed by atoms with Crippen LogP contribution in [0.25, 0.3) is 5.52 Å². The van der Waals surface area contributed by atoms with E-state index in [0.29, 0.717) is 17.9 Å². The predicted octanol–water partition coefficient (Wildman–Crippen LogP) is 2.68. The van der Waals surface area contributed by atoms with Gasteiger partial charge in [0.2, 0.25) is 0 Å². The lowest BCUT2D eigenvalue weighted by Crippen LogP contribution is -2.36. The average molecular weight is 334 g/mol. The number of halogens is 1. The van der Waals surface area contributed by atoms with Crippen molar-refractivity contribution in [2.45, 2.75) is 31.2 Å². The fourth-order valence-corrected chi connectivity index (χ4v) is 4.12. The second kappa shape index (κ2) is 4.55. The number of hydrogen-bond donors (Lipinski definition) is 0. The molecule has 4 rings (SSSR count). The zero-order valence-electron chi connectivity index (χ0n) is 11.3. The summed E-state index contributed by atoms with van der Waals surface area (Å²) >= 11 is 3.55. The SMILES string of the molecule is CN1N=CC2C(c3nc(Br)n4ccncc34)CCCC21. The van der Waals surface area contributed by atoms with E-state index in [1.807, 2.05) is 12.4 Å². The third kappa shape index (κ3) is 1.70. The highest BCUT2D eigenvalue weighted by Gasteiger charge is 2.40. The van der Waals surface area contributed by atoms with Gasteiger partial charge in [-0.05, 0) is 28.8 Å². The van der Waals surface area contributed by atoms with E-state index in [1.54, 1.807) is 6.20 Å². The molecule has 3 atom stereocenters. The largest absolute Gasteiger partial charge is 0.297 e. The molecule has 3 unspecified atom stereocenters. The first kappa shape index (κ1) is 12.3. The van der Waals surface area contributed by atoms with E-state index in [0.717, 1.165) is 15.9 Å². The highest BCUT2D eigenvalue weighted by atomic mass is 79.9. The van der Waals surface area contributed by atoms with Gasteiger partial charge in [-0.1, -0.05) is 6.42 Å². The van der Waals surface area contributed by atoms with Gasteiger partial charge in [-0.15, -0.1) is 0 Å². The molecule has 1 aliphatic heterocycles. The lowest BCUT2D eigenvalue weighted by atomic mass is 9.75. The number of hydrogen-bond acceptors (Lipinski definition) is 4. The van der Waals surface area contributed by atoms with E-state index in [4.69, 9.17) is 4.98 Å². The standard InChI is InChI=1S/C14H16BrN5/c1-19-11-4-2-3-9(10(11)7-17-19)13-12-8-16-5-6-20(12)14(15)18-13/h5-11H,2-4H2,1H3. The Kier molecular flexibility index (Phi) is 2.80. The summed E-state index contributed by atoms with van der Waals surface area (Å²) in [7, 11) is 2.08. The summed E-state index contributed by atoms with van der Waals surface area (Å²) in [5, 5.41) is 6.60. The van der Waals surface area contributed by atoms with E-state index in [1.165, 1.54) is 19.3 Å². The van der Waals surface area contributed by atoms with Crippen molar-refractivity contribution in [3.63, 3.8) is 0 Å². The zero-order chi connectivity index (χ0) is 13.7. The van der Waals surface area contributed by atoms with Crippen molar-refractivity contribution in [3.05, 3.63) is 29.0 Å². The fraction of sp³-hybridized carbons (Fsp3) is 0.500. The smallest absolute Gasteiger partial charge is 0.182 e. The van der Waals surface area contributed by atoms with E-state index >= 15 is 0 Å². The van der Waals surface area contributed by atoms with Gasteiger partial charge in [-0.25, -0.2) is 4.98 Å². The van der Waals surface area contributed by atoms with Crippen molar-refractivity contribution in [3.8, 4) is 0 Å². The van der Waals surface area contributed by atoms with Crippen LogP contribution in [-0.2, 0) is 0 Å². The molecule has 5 nitrogen and oxygen atoms in total. The normalized spacial score (nSPS) is 29.1. The summed E-state index contributed by atoms with van der Waals surface area (Å²) < 4.78 is 2.91. The maximum atomic E-state index is 4.76. The highest BCUT2D eigenvalue weighted by molar-refractivity contribution is 9.10. The van der Waals surface area contributed by atoms with Crippen LogP contribution in [0.5, 0.6) is 0 Å². The molecular weight excluding hydrogens is 318 g/mol. The molecule has 20 heavy (non-hydrogen) atoms. The molecule has 3 heterocycles. The van der Waals surface area contributed by atoms with Crippen molar-refractivity contribution >= 4 is 27.7 Å². The van der Waals surface area contributed by atoms with Crippen LogP contribution in [0.2, 0.25) is 0 Å². The molecule has 0 N–H and O–H groups in total. The molecule has 2 aliphatic rings. The van der Waals surface area contributed by atoms with Crippen molar-refractivity contribution in [1.29, 1.82) is 0 Å². The third-order valence-corrected chi connectivity index (χ3v) is 5.17. The molecule has 0 amide bonds. The van der Waals surface area contributed by atoms with Crippen LogP contribution in [0.4, 0.5) is 0 Å². The minimum absolute atomic E-state index is 0.438. The van der Waals surface area contributed by atoms with Gasteiger partial charge in [0.15, 0.2) is 4.73 Å². The summed E-state index contributed by atoms with van der Waals surface area (Å²) in [6.45, 7) is 0. The first-order valence-electron chi connectivity index (χ1n) is 7.00. The third-order valence-electron chi connectivity index (χ3n) is 4.61. The molecule has 0 aromatic carbocycles. The maximum Gasteiger partial charge on any atom is 0.182 e. The van der Waals surface area contributed by atoms with E-state index in [2.05, 4.69) is 48.7 Å². The second-order valence-electron chi connectivity index (χ2n) is 5.62. The van der Waals surface area contributed by atoms with E-state index in [9.17, 15) is 0 Å². The topological polar surface area (TPSA) is 45.8 Å². The minimum Gasteiger partial charge on any atom is -0.297 e. The van der Waals surface area contributed by atoms with E-state index < -0.39 is 0 Å². The number of aromatic nitrogens is 3. The van der Waals surface area contributed by atoms with Crippen LogP contribution in [-0.4, -0.2) is 38.7 Å².